The van der Waals surface area contributed by atoms with Crippen LogP contribution in [0.5, 0.6) is 0 Å². The quantitative estimate of drug-likeness (QED) is 0.412. The van der Waals surface area contributed by atoms with E-state index in [2.05, 4.69) is 10.7 Å². The number of nitrogens with one attached hydrogen (secondary N) is 2. The molecule has 2 aromatic rings. The van der Waals surface area contributed by atoms with Crippen molar-refractivity contribution in [3.05, 3.63) is 53.1 Å². The summed E-state index contributed by atoms with van der Waals surface area (Å²) < 4.78 is 38.5. The molecular formula is C14H11ClF3N3S2. The second kappa shape index (κ2) is 7.39. The Bertz CT molecular complexity index is 705. The van der Waals surface area contributed by atoms with Crippen LogP contribution in [-0.4, -0.2) is 5.11 Å². The van der Waals surface area contributed by atoms with Gasteiger partial charge in [0.1, 0.15) is 0 Å². The third-order valence-electron chi connectivity index (χ3n) is 2.72. The van der Waals surface area contributed by atoms with Gasteiger partial charge in [0.15, 0.2) is 5.11 Å². The predicted octanol–water partition coefficient (Wildman–Crippen LogP) is 4.67. The number of halogens is 4. The molecule has 3 nitrogen and oxygen atoms in total. The van der Waals surface area contributed by atoms with Gasteiger partial charge < -0.3 is 10.7 Å². The molecule has 0 heterocycles. The van der Waals surface area contributed by atoms with Crippen molar-refractivity contribution in [1.82, 2.24) is 5.43 Å². The summed E-state index contributed by atoms with van der Waals surface area (Å²) in [5.41, 5.74) is 2.16. The van der Waals surface area contributed by atoms with E-state index in [-0.39, 0.29) is 10.1 Å². The first-order valence-corrected chi connectivity index (χ1v) is 7.82. The maximum Gasteiger partial charge on any atom is 0.417 e. The first-order chi connectivity index (χ1) is 10.8. The molecule has 0 atom stereocenters. The average Bonchev–Trinajstić information content (AvgIpc) is 2.50. The number of thiocarbonyl (C=S) groups is 1. The van der Waals surface area contributed by atoms with Crippen LogP contribution in [0.4, 0.5) is 18.9 Å². The molecule has 0 amide bonds. The van der Waals surface area contributed by atoms with Gasteiger partial charge in [0.25, 0.3) is 0 Å². The van der Waals surface area contributed by atoms with E-state index in [9.17, 15) is 13.2 Å². The van der Waals surface area contributed by atoms with Crippen LogP contribution < -0.4 is 16.6 Å². The first kappa shape index (κ1) is 17.9. The van der Waals surface area contributed by atoms with Crippen LogP contribution in [-0.2, 0) is 6.18 Å². The van der Waals surface area contributed by atoms with Gasteiger partial charge in [-0.3, -0.25) is 0 Å². The highest BCUT2D eigenvalue weighted by Gasteiger charge is 2.33. The van der Waals surface area contributed by atoms with Gasteiger partial charge in [0.2, 0.25) is 0 Å². The summed E-state index contributed by atoms with van der Waals surface area (Å²) in [6, 6.07) is 10.8. The highest BCUT2D eigenvalue weighted by molar-refractivity contribution is 7.99. The normalized spacial score (nSPS) is 11.2. The lowest BCUT2D eigenvalue weighted by atomic mass is 10.2. The number of anilines is 1. The lowest BCUT2D eigenvalue weighted by Gasteiger charge is -2.11. The summed E-state index contributed by atoms with van der Waals surface area (Å²) in [6.45, 7) is 0. The summed E-state index contributed by atoms with van der Waals surface area (Å²) >= 11 is 11.7. The van der Waals surface area contributed by atoms with E-state index in [0.717, 1.165) is 11.0 Å². The van der Waals surface area contributed by atoms with Crippen LogP contribution in [0.3, 0.4) is 0 Å². The minimum absolute atomic E-state index is 0.262. The molecule has 0 unspecified atom stereocenters. The molecule has 0 aliphatic rings. The van der Waals surface area contributed by atoms with Gasteiger partial charge in [-0.2, -0.15) is 13.2 Å². The van der Waals surface area contributed by atoms with E-state index in [4.69, 9.17) is 29.7 Å². The van der Waals surface area contributed by atoms with Crippen molar-refractivity contribution in [1.29, 1.82) is 0 Å². The Morgan fingerprint density at radius 1 is 1.09 bits per heavy atom. The number of nitrogens with two attached hydrogens (primary N) is 1. The highest BCUT2D eigenvalue weighted by Crippen LogP contribution is 2.38. The van der Waals surface area contributed by atoms with Gasteiger partial charge in [-0.1, -0.05) is 23.4 Å². The van der Waals surface area contributed by atoms with Crippen molar-refractivity contribution in [3.63, 3.8) is 0 Å². The lowest BCUT2D eigenvalue weighted by Crippen LogP contribution is -2.34. The Kier molecular flexibility index (Phi) is 5.74. The summed E-state index contributed by atoms with van der Waals surface area (Å²) in [6.07, 6.45) is -4.48. The van der Waals surface area contributed by atoms with Gasteiger partial charge in [0, 0.05) is 15.5 Å². The molecule has 0 bridgehead atoms. The van der Waals surface area contributed by atoms with E-state index in [1.54, 1.807) is 30.3 Å². The minimum Gasteiger partial charge on any atom is -0.332 e. The molecule has 0 aliphatic carbocycles. The fraction of sp³-hybridized carbons (Fsp3) is 0.0714. The molecule has 0 saturated heterocycles. The van der Waals surface area contributed by atoms with E-state index in [0.29, 0.717) is 10.6 Å². The third kappa shape index (κ3) is 5.00. The topological polar surface area (TPSA) is 50.1 Å². The van der Waals surface area contributed by atoms with Gasteiger partial charge in [-0.15, -0.1) is 0 Å². The molecule has 4 N–H and O–H groups in total. The average molecular weight is 378 g/mol. The fourth-order valence-corrected chi connectivity index (χ4v) is 2.89. The van der Waals surface area contributed by atoms with Gasteiger partial charge >= 0.3 is 6.18 Å². The Morgan fingerprint density at radius 3 is 2.26 bits per heavy atom. The zero-order chi connectivity index (χ0) is 17.0. The number of hydrogen-bond donors (Lipinski definition) is 3. The highest BCUT2D eigenvalue weighted by atomic mass is 35.5. The van der Waals surface area contributed by atoms with Crippen LogP contribution in [0.25, 0.3) is 0 Å². The largest absolute Gasteiger partial charge is 0.417 e. The molecule has 2 rings (SSSR count). The van der Waals surface area contributed by atoms with Crippen LogP contribution in [0.2, 0.25) is 5.02 Å². The Morgan fingerprint density at radius 2 is 1.70 bits per heavy atom. The van der Waals surface area contributed by atoms with Crippen LogP contribution in [0, 0.1) is 0 Å². The van der Waals surface area contributed by atoms with Crippen molar-refractivity contribution < 1.29 is 13.2 Å². The number of alkyl halides is 3. The van der Waals surface area contributed by atoms with Crippen molar-refractivity contribution in [3.8, 4) is 0 Å². The molecule has 0 aliphatic heterocycles. The number of rotatable bonds is 3. The maximum atomic E-state index is 12.8. The van der Waals surface area contributed by atoms with Crippen molar-refractivity contribution in [2.24, 2.45) is 5.84 Å². The lowest BCUT2D eigenvalue weighted by molar-refractivity contribution is -0.137. The van der Waals surface area contributed by atoms with E-state index < -0.39 is 11.7 Å². The summed E-state index contributed by atoms with van der Waals surface area (Å²) in [5, 5.41) is 2.79. The van der Waals surface area contributed by atoms with Gasteiger partial charge in [-0.05, 0) is 54.7 Å². The van der Waals surface area contributed by atoms with Crippen molar-refractivity contribution in [2.45, 2.75) is 16.0 Å². The zero-order valence-corrected chi connectivity index (χ0v) is 13.8. The number of benzene rings is 2. The minimum atomic E-state index is -4.48. The molecule has 2 aromatic carbocycles. The van der Waals surface area contributed by atoms with E-state index in [1.807, 2.05) is 0 Å². The molecule has 0 spiro atoms. The SMILES string of the molecule is NNC(=S)Nc1ccc(Sc2ccc(Cl)c(C(F)(F)F)c2)cc1. The van der Waals surface area contributed by atoms with Crippen LogP contribution in [0.1, 0.15) is 5.56 Å². The summed E-state index contributed by atoms with van der Waals surface area (Å²) in [4.78, 5) is 1.22. The first-order valence-electron chi connectivity index (χ1n) is 6.22. The van der Waals surface area contributed by atoms with Crippen LogP contribution in [0.15, 0.2) is 52.3 Å². The maximum absolute atomic E-state index is 12.8. The molecular weight excluding hydrogens is 367 g/mol. The van der Waals surface area contributed by atoms with Crippen LogP contribution >= 0.6 is 35.6 Å². The van der Waals surface area contributed by atoms with E-state index in [1.165, 1.54) is 17.8 Å². The van der Waals surface area contributed by atoms with Crippen molar-refractivity contribution in [2.75, 3.05) is 5.32 Å². The number of hydrogen-bond acceptors (Lipinski definition) is 3. The third-order valence-corrected chi connectivity index (χ3v) is 4.27. The fourth-order valence-electron chi connectivity index (χ4n) is 1.69. The molecule has 0 saturated carbocycles. The van der Waals surface area contributed by atoms with Gasteiger partial charge in [-0.25, -0.2) is 5.84 Å². The van der Waals surface area contributed by atoms with Crippen molar-refractivity contribution >= 4 is 46.4 Å². The molecule has 0 aromatic heterocycles. The zero-order valence-electron chi connectivity index (χ0n) is 11.4. The Balaban J connectivity index is 2.15. The summed E-state index contributed by atoms with van der Waals surface area (Å²) in [7, 11) is 0. The second-order valence-corrected chi connectivity index (χ2v) is 6.33. The molecule has 23 heavy (non-hydrogen) atoms. The predicted molar refractivity (Wildman–Crippen MR) is 90.6 cm³/mol. The molecule has 0 fully saturated rings. The number of hydrazine groups is 1. The Hall–Kier alpha value is -1.48. The second-order valence-electron chi connectivity index (χ2n) is 4.36. The Labute approximate surface area is 145 Å². The molecule has 122 valence electrons. The molecule has 9 heteroatoms. The smallest absolute Gasteiger partial charge is 0.332 e. The monoisotopic (exact) mass is 377 g/mol. The van der Waals surface area contributed by atoms with E-state index >= 15 is 0 Å². The van der Waals surface area contributed by atoms with Gasteiger partial charge in [0.05, 0.1) is 10.6 Å². The standard InChI is InChI=1S/C14H11ClF3N3S2/c15-12-6-5-10(7-11(12)14(16,17)18)23-9-3-1-8(2-4-9)20-13(22)21-19/h1-7H,19H2,(H2,20,21,22). The molecule has 0 radical (unpaired) electrons. The summed E-state index contributed by atoms with van der Waals surface area (Å²) in [5.74, 6) is 5.15.